The molecule has 5 heavy (non-hydrogen) atoms. The van der Waals surface area contributed by atoms with Crippen molar-refractivity contribution in [2.24, 2.45) is 0 Å². The summed E-state index contributed by atoms with van der Waals surface area (Å²) in [5.41, 5.74) is 0. The zero-order valence-electron chi connectivity index (χ0n) is 2.64. The van der Waals surface area contributed by atoms with Gasteiger partial charge in [0.1, 0.15) is 0 Å². The Bertz CT molecular complexity index is 6.85. The normalized spacial score (nSPS) is 0. The zero-order valence-corrected chi connectivity index (χ0v) is 8.27. The fourth-order valence-corrected chi connectivity index (χ4v) is 0. The second kappa shape index (κ2) is 30.9. The van der Waals surface area contributed by atoms with E-state index in [0.717, 1.165) is 0 Å². The van der Waals surface area contributed by atoms with Crippen LogP contribution < -0.4 is 29.6 Å². The van der Waals surface area contributed by atoms with Crippen LogP contribution in [0, 0.1) is 0 Å². The SMILES string of the molecule is [Cu+2].[Na+].[SH-].[SH-].[SH-]. The molecular weight excluding hydrogens is 183 g/mol. The molecule has 0 unspecified atom stereocenters. The van der Waals surface area contributed by atoms with Crippen LogP contribution in [-0.2, 0) is 57.6 Å². The van der Waals surface area contributed by atoms with Gasteiger partial charge in [0, 0.05) is 0 Å². The van der Waals surface area contributed by atoms with E-state index in [4.69, 9.17) is 0 Å². The molecule has 0 nitrogen and oxygen atoms in total. The molecule has 1 radical (unpaired) electrons. The van der Waals surface area contributed by atoms with Crippen LogP contribution in [0.25, 0.3) is 0 Å². The Hall–Kier alpha value is 2.57. The first-order chi connectivity index (χ1) is 0. The van der Waals surface area contributed by atoms with Crippen LogP contribution in [0.15, 0.2) is 0 Å². The molecule has 0 aromatic carbocycles. The first-order valence-corrected chi connectivity index (χ1v) is 0. The minimum absolute atomic E-state index is 0. The van der Waals surface area contributed by atoms with E-state index >= 15 is 0 Å². The molecule has 0 aromatic rings. The largest absolute Gasteiger partial charge is 2.00 e. The summed E-state index contributed by atoms with van der Waals surface area (Å²) in [5, 5.41) is 0. The van der Waals surface area contributed by atoms with Gasteiger partial charge in [-0.2, -0.15) is 0 Å². The van der Waals surface area contributed by atoms with E-state index in [0.29, 0.717) is 0 Å². The second-order valence-corrected chi connectivity index (χ2v) is 0. The van der Waals surface area contributed by atoms with E-state index < -0.39 is 0 Å². The van der Waals surface area contributed by atoms with Gasteiger partial charge in [0.05, 0.1) is 0 Å². The summed E-state index contributed by atoms with van der Waals surface area (Å²) in [6, 6.07) is 0. The van der Waals surface area contributed by atoms with Gasteiger partial charge in [-0.05, 0) is 0 Å². The van der Waals surface area contributed by atoms with E-state index in [1.807, 2.05) is 0 Å². The summed E-state index contributed by atoms with van der Waals surface area (Å²) >= 11 is 0. The molecular formula is H3CuNaS3. The Morgan fingerprint density at radius 3 is 0.600 bits per heavy atom. The standard InChI is InChI=1S/Cu.Na.3H2S/h;;3*1H2/q+2;+1;;;/p-3. The average molecular weight is 186 g/mol. The molecule has 0 heterocycles. The van der Waals surface area contributed by atoms with Gasteiger partial charge in [-0.25, -0.2) is 0 Å². The molecule has 0 N–H and O–H groups in total. The molecule has 0 saturated heterocycles. The van der Waals surface area contributed by atoms with E-state index in [1.165, 1.54) is 0 Å². The molecule has 0 aliphatic heterocycles. The van der Waals surface area contributed by atoms with Gasteiger partial charge in [0.2, 0.25) is 0 Å². The van der Waals surface area contributed by atoms with Crippen molar-refractivity contribution in [2.75, 3.05) is 0 Å². The van der Waals surface area contributed by atoms with Crippen LogP contribution in [-0.4, -0.2) is 0 Å². The first kappa shape index (κ1) is 49.5. The maximum absolute atomic E-state index is 0. The Balaban J connectivity index is 0. The maximum atomic E-state index is 0. The Morgan fingerprint density at radius 1 is 0.600 bits per heavy atom. The summed E-state index contributed by atoms with van der Waals surface area (Å²) in [7, 11) is 0. The van der Waals surface area contributed by atoms with E-state index in [-0.39, 0.29) is 87.1 Å². The van der Waals surface area contributed by atoms with Crippen molar-refractivity contribution < 1.29 is 46.6 Å². The fourth-order valence-electron chi connectivity index (χ4n) is 0. The van der Waals surface area contributed by atoms with Crippen LogP contribution in [0.1, 0.15) is 0 Å². The first-order valence-electron chi connectivity index (χ1n) is 0. The topological polar surface area (TPSA) is 0 Å². The number of rotatable bonds is 0. The summed E-state index contributed by atoms with van der Waals surface area (Å²) in [6.07, 6.45) is 0. The van der Waals surface area contributed by atoms with Gasteiger partial charge < -0.3 is 40.5 Å². The van der Waals surface area contributed by atoms with Crippen molar-refractivity contribution in [1.29, 1.82) is 0 Å². The van der Waals surface area contributed by atoms with Crippen molar-refractivity contribution in [1.82, 2.24) is 0 Å². The summed E-state index contributed by atoms with van der Waals surface area (Å²) in [6.45, 7) is 0. The van der Waals surface area contributed by atoms with Crippen molar-refractivity contribution in [3.8, 4) is 0 Å². The summed E-state index contributed by atoms with van der Waals surface area (Å²) in [5.74, 6) is 0. The quantitative estimate of drug-likeness (QED) is 0.216. The molecule has 0 aliphatic carbocycles. The fraction of sp³-hybridized carbons (Fsp3) is 0. The van der Waals surface area contributed by atoms with Crippen molar-refractivity contribution in [3.05, 3.63) is 0 Å². The Labute approximate surface area is 86.0 Å². The maximum Gasteiger partial charge on any atom is 2.00 e. The molecule has 5 heteroatoms. The molecule has 0 amide bonds. The molecule has 0 rings (SSSR count). The van der Waals surface area contributed by atoms with E-state index in [9.17, 15) is 0 Å². The van der Waals surface area contributed by atoms with Crippen molar-refractivity contribution in [3.63, 3.8) is 0 Å². The minimum atomic E-state index is 0. The van der Waals surface area contributed by atoms with E-state index in [2.05, 4.69) is 0 Å². The number of hydrogen-bond acceptors (Lipinski definition) is 3. The predicted octanol–water partition coefficient (Wildman–Crippen LogP) is -3.81. The molecule has 0 fully saturated rings. The molecule has 33 valence electrons. The van der Waals surface area contributed by atoms with Gasteiger partial charge in [-0.1, -0.05) is 0 Å². The molecule has 0 saturated carbocycles. The van der Waals surface area contributed by atoms with Gasteiger partial charge >= 0.3 is 46.6 Å². The third-order valence-electron chi connectivity index (χ3n) is 0. The van der Waals surface area contributed by atoms with Gasteiger partial charge in [0.25, 0.3) is 0 Å². The van der Waals surface area contributed by atoms with Gasteiger partial charge in [-0.3, -0.25) is 0 Å². The third kappa shape index (κ3) is 20.8. The zero-order chi connectivity index (χ0) is 0. The Kier molecular flexibility index (Phi) is 305. The molecule has 0 aromatic heterocycles. The molecule has 0 spiro atoms. The van der Waals surface area contributed by atoms with Crippen LogP contribution in [0.2, 0.25) is 0 Å². The van der Waals surface area contributed by atoms with Crippen molar-refractivity contribution in [2.45, 2.75) is 0 Å². The Morgan fingerprint density at radius 2 is 0.600 bits per heavy atom. The molecule has 0 aliphatic rings. The van der Waals surface area contributed by atoms with Crippen molar-refractivity contribution >= 4 is 40.5 Å². The monoisotopic (exact) mass is 185 g/mol. The predicted molar refractivity (Wildman–Crippen MR) is 26.3 cm³/mol. The number of thiol groups is 3. The molecule has 0 atom stereocenters. The van der Waals surface area contributed by atoms with Crippen LogP contribution >= 0.6 is 0 Å². The summed E-state index contributed by atoms with van der Waals surface area (Å²) in [4.78, 5) is 0. The van der Waals surface area contributed by atoms with Gasteiger partial charge in [-0.15, -0.1) is 0 Å². The summed E-state index contributed by atoms with van der Waals surface area (Å²) < 4.78 is 0. The van der Waals surface area contributed by atoms with Gasteiger partial charge in [0.15, 0.2) is 0 Å². The van der Waals surface area contributed by atoms with Crippen LogP contribution in [0.3, 0.4) is 0 Å². The molecule has 0 bridgehead atoms. The van der Waals surface area contributed by atoms with E-state index in [1.54, 1.807) is 0 Å². The average Bonchev–Trinajstić information content (AvgIpc) is 0. The van der Waals surface area contributed by atoms with Crippen LogP contribution in [0.4, 0.5) is 0 Å². The third-order valence-corrected chi connectivity index (χ3v) is 0. The minimum Gasteiger partial charge on any atom is -0.813 e. The number of hydrogen-bond donors (Lipinski definition) is 0. The second-order valence-electron chi connectivity index (χ2n) is 0. The van der Waals surface area contributed by atoms with Crippen LogP contribution in [0.5, 0.6) is 0 Å². The smallest absolute Gasteiger partial charge is 0.813 e.